The van der Waals surface area contributed by atoms with Gasteiger partial charge in [-0.2, -0.15) is 0 Å². The van der Waals surface area contributed by atoms with Gasteiger partial charge in [-0.1, -0.05) is 6.92 Å². The number of halogens is 3. The molecule has 1 aromatic rings. The smallest absolute Gasteiger partial charge is 0.165 e. The normalized spacial score (nSPS) is 11.8. The van der Waals surface area contributed by atoms with Crippen molar-refractivity contribution in [3.63, 3.8) is 0 Å². The van der Waals surface area contributed by atoms with E-state index in [1.807, 2.05) is 6.92 Å². The molecular formula is C11H16ClF2NO. The van der Waals surface area contributed by atoms with Gasteiger partial charge in [-0.05, 0) is 24.5 Å². The standard InChI is InChI=1S/C11H15F2NO.ClH/c1-3-8(14)4-7-5-10(13)11(15-2)6-9(7)12;/h5-6,8H,3-4,14H2,1-2H3;1H. The molecule has 16 heavy (non-hydrogen) atoms. The number of nitrogens with two attached hydrogens (primary N) is 1. The van der Waals surface area contributed by atoms with Crippen molar-refractivity contribution in [2.24, 2.45) is 5.73 Å². The third kappa shape index (κ3) is 3.61. The van der Waals surface area contributed by atoms with E-state index in [0.717, 1.165) is 18.6 Å². The van der Waals surface area contributed by atoms with Crippen LogP contribution in [0.2, 0.25) is 0 Å². The number of hydrogen-bond donors (Lipinski definition) is 1. The highest BCUT2D eigenvalue weighted by Crippen LogP contribution is 2.22. The molecule has 0 radical (unpaired) electrons. The third-order valence-corrected chi connectivity index (χ3v) is 2.33. The highest BCUT2D eigenvalue weighted by Gasteiger charge is 2.12. The summed E-state index contributed by atoms with van der Waals surface area (Å²) in [5.41, 5.74) is 5.97. The molecule has 0 fully saturated rings. The van der Waals surface area contributed by atoms with Gasteiger partial charge in [0.2, 0.25) is 0 Å². The minimum absolute atomic E-state index is 0. The molecule has 0 aromatic heterocycles. The fraction of sp³-hybridized carbons (Fsp3) is 0.455. The first kappa shape index (κ1) is 15.1. The quantitative estimate of drug-likeness (QED) is 0.893. The maximum absolute atomic E-state index is 13.4. The van der Waals surface area contributed by atoms with Crippen molar-refractivity contribution in [1.82, 2.24) is 0 Å². The van der Waals surface area contributed by atoms with Crippen LogP contribution >= 0.6 is 12.4 Å². The van der Waals surface area contributed by atoms with Crippen LogP contribution in [0, 0.1) is 11.6 Å². The Morgan fingerprint density at radius 1 is 1.31 bits per heavy atom. The van der Waals surface area contributed by atoms with Crippen molar-refractivity contribution >= 4 is 12.4 Å². The lowest BCUT2D eigenvalue weighted by molar-refractivity contribution is 0.381. The Kier molecular flexibility index (Phi) is 6.29. The van der Waals surface area contributed by atoms with Crippen LogP contribution < -0.4 is 10.5 Å². The van der Waals surface area contributed by atoms with Crippen molar-refractivity contribution in [2.75, 3.05) is 7.11 Å². The predicted octanol–water partition coefficient (Wildman–Crippen LogP) is 2.68. The van der Waals surface area contributed by atoms with Gasteiger partial charge >= 0.3 is 0 Å². The zero-order chi connectivity index (χ0) is 11.4. The Balaban J connectivity index is 0.00000225. The highest BCUT2D eigenvalue weighted by atomic mass is 35.5. The molecule has 2 N–H and O–H groups in total. The van der Waals surface area contributed by atoms with Gasteiger partial charge in [-0.25, -0.2) is 8.78 Å². The number of hydrogen-bond acceptors (Lipinski definition) is 2. The monoisotopic (exact) mass is 251 g/mol. The summed E-state index contributed by atoms with van der Waals surface area (Å²) in [5.74, 6) is -1.12. The summed E-state index contributed by atoms with van der Waals surface area (Å²) in [7, 11) is 1.30. The van der Waals surface area contributed by atoms with E-state index in [9.17, 15) is 8.78 Å². The van der Waals surface area contributed by atoms with Crippen LogP contribution in [0.1, 0.15) is 18.9 Å². The first-order valence-corrected chi connectivity index (χ1v) is 4.86. The Morgan fingerprint density at radius 3 is 2.44 bits per heavy atom. The molecule has 0 spiro atoms. The number of methoxy groups -OCH3 is 1. The van der Waals surface area contributed by atoms with Gasteiger partial charge in [0.05, 0.1) is 7.11 Å². The van der Waals surface area contributed by atoms with E-state index in [1.165, 1.54) is 7.11 Å². The molecule has 0 amide bonds. The second-order valence-electron chi connectivity index (χ2n) is 3.45. The maximum Gasteiger partial charge on any atom is 0.165 e. The fourth-order valence-electron chi connectivity index (χ4n) is 1.31. The van der Waals surface area contributed by atoms with Gasteiger partial charge in [-0.15, -0.1) is 12.4 Å². The first-order valence-electron chi connectivity index (χ1n) is 4.86. The fourth-order valence-corrected chi connectivity index (χ4v) is 1.31. The molecule has 5 heteroatoms. The second kappa shape index (κ2) is 6.66. The molecule has 0 aliphatic carbocycles. The minimum atomic E-state index is -0.558. The summed E-state index contributed by atoms with van der Waals surface area (Å²) < 4.78 is 31.3. The molecule has 1 atom stereocenters. The number of ether oxygens (including phenoxy) is 1. The second-order valence-corrected chi connectivity index (χ2v) is 3.45. The molecule has 2 nitrogen and oxygen atoms in total. The van der Waals surface area contributed by atoms with Gasteiger partial charge in [0.25, 0.3) is 0 Å². The minimum Gasteiger partial charge on any atom is -0.494 e. The van der Waals surface area contributed by atoms with Crippen molar-refractivity contribution in [1.29, 1.82) is 0 Å². The molecule has 92 valence electrons. The lowest BCUT2D eigenvalue weighted by atomic mass is 10.0. The topological polar surface area (TPSA) is 35.2 Å². The summed E-state index contributed by atoms with van der Waals surface area (Å²) >= 11 is 0. The van der Waals surface area contributed by atoms with Gasteiger partial charge in [0.1, 0.15) is 5.82 Å². The molecule has 1 rings (SSSR count). The summed E-state index contributed by atoms with van der Waals surface area (Å²) in [4.78, 5) is 0. The van der Waals surface area contributed by atoms with E-state index in [2.05, 4.69) is 4.74 Å². The Hall–Kier alpha value is -0.870. The first-order chi connectivity index (χ1) is 7.08. The molecule has 0 heterocycles. The zero-order valence-electron chi connectivity index (χ0n) is 9.30. The van der Waals surface area contributed by atoms with Crippen molar-refractivity contribution in [3.8, 4) is 5.75 Å². The maximum atomic E-state index is 13.4. The van der Waals surface area contributed by atoms with Crippen molar-refractivity contribution in [3.05, 3.63) is 29.3 Å². The van der Waals surface area contributed by atoms with E-state index >= 15 is 0 Å². The Morgan fingerprint density at radius 2 is 1.94 bits per heavy atom. The molecule has 1 unspecified atom stereocenters. The number of rotatable bonds is 4. The highest BCUT2D eigenvalue weighted by molar-refractivity contribution is 5.85. The molecule has 0 bridgehead atoms. The predicted molar refractivity (Wildman–Crippen MR) is 62.1 cm³/mol. The van der Waals surface area contributed by atoms with Gasteiger partial charge < -0.3 is 10.5 Å². The van der Waals surface area contributed by atoms with E-state index < -0.39 is 11.6 Å². The zero-order valence-corrected chi connectivity index (χ0v) is 10.1. The molecule has 0 aliphatic heterocycles. The Bertz CT molecular complexity index is 347. The van der Waals surface area contributed by atoms with Crippen LogP contribution in [0.5, 0.6) is 5.75 Å². The lowest BCUT2D eigenvalue weighted by Gasteiger charge is -2.11. The largest absolute Gasteiger partial charge is 0.494 e. The van der Waals surface area contributed by atoms with E-state index in [-0.39, 0.29) is 24.2 Å². The molecule has 1 aromatic carbocycles. The van der Waals surface area contributed by atoms with Crippen molar-refractivity contribution in [2.45, 2.75) is 25.8 Å². The SMILES string of the molecule is CCC(N)Cc1cc(F)c(OC)cc1F.Cl. The van der Waals surface area contributed by atoms with Crippen LogP contribution in [0.4, 0.5) is 8.78 Å². The van der Waals surface area contributed by atoms with E-state index in [1.54, 1.807) is 0 Å². The van der Waals surface area contributed by atoms with Crippen LogP contribution in [-0.2, 0) is 6.42 Å². The molecule has 0 aliphatic rings. The number of benzene rings is 1. The molecule has 0 saturated heterocycles. The summed E-state index contributed by atoms with van der Waals surface area (Å²) in [6, 6.07) is 2.05. The summed E-state index contributed by atoms with van der Waals surface area (Å²) in [6.45, 7) is 1.91. The Labute approximate surface area is 100 Å². The molecule has 0 saturated carbocycles. The van der Waals surface area contributed by atoms with Crippen LogP contribution in [0.25, 0.3) is 0 Å². The van der Waals surface area contributed by atoms with Gasteiger partial charge in [-0.3, -0.25) is 0 Å². The third-order valence-electron chi connectivity index (χ3n) is 2.33. The van der Waals surface area contributed by atoms with Crippen LogP contribution in [-0.4, -0.2) is 13.2 Å². The van der Waals surface area contributed by atoms with Crippen LogP contribution in [0.3, 0.4) is 0 Å². The van der Waals surface area contributed by atoms with Gasteiger partial charge in [0, 0.05) is 12.1 Å². The molecular weight excluding hydrogens is 236 g/mol. The average Bonchev–Trinajstić information content (AvgIpc) is 2.22. The van der Waals surface area contributed by atoms with E-state index in [0.29, 0.717) is 12.0 Å². The lowest BCUT2D eigenvalue weighted by Crippen LogP contribution is -2.22. The van der Waals surface area contributed by atoms with E-state index in [4.69, 9.17) is 5.73 Å². The van der Waals surface area contributed by atoms with Crippen LogP contribution in [0.15, 0.2) is 12.1 Å². The summed E-state index contributed by atoms with van der Waals surface area (Å²) in [6.07, 6.45) is 1.07. The summed E-state index contributed by atoms with van der Waals surface area (Å²) in [5, 5.41) is 0. The average molecular weight is 252 g/mol. The van der Waals surface area contributed by atoms with Crippen molar-refractivity contribution < 1.29 is 13.5 Å². The van der Waals surface area contributed by atoms with Gasteiger partial charge in [0.15, 0.2) is 11.6 Å².